The van der Waals surface area contributed by atoms with Gasteiger partial charge in [0.15, 0.2) is 5.82 Å². The molecule has 0 bridgehead atoms. The summed E-state index contributed by atoms with van der Waals surface area (Å²) in [6.07, 6.45) is 3.45. The Morgan fingerprint density at radius 3 is 2.48 bits per heavy atom. The van der Waals surface area contributed by atoms with Gasteiger partial charge in [0.1, 0.15) is 5.60 Å². The molecule has 2 aromatic rings. The quantitative estimate of drug-likeness (QED) is 0.659. The number of aliphatic carboxylic acids is 1. The molecule has 1 aromatic heterocycles. The number of aromatic nitrogens is 2. The minimum atomic E-state index is -0.768. The minimum absolute atomic E-state index is 0.0102. The Bertz CT molecular complexity index is 1030. The van der Waals surface area contributed by atoms with Crippen LogP contribution < -0.4 is 0 Å². The van der Waals surface area contributed by atoms with E-state index in [9.17, 15) is 9.59 Å². The van der Waals surface area contributed by atoms with E-state index in [4.69, 9.17) is 14.4 Å². The third kappa shape index (κ3) is 4.48. The van der Waals surface area contributed by atoms with E-state index in [2.05, 4.69) is 22.3 Å². The first kappa shape index (κ1) is 21.9. The third-order valence-electron chi connectivity index (χ3n) is 7.09. The molecule has 1 aromatic carbocycles. The van der Waals surface area contributed by atoms with Crippen molar-refractivity contribution < 1.29 is 24.0 Å². The molecule has 3 aliphatic carbocycles. The van der Waals surface area contributed by atoms with Crippen LogP contribution in [0.15, 0.2) is 34.9 Å². The molecular weight excluding hydrogens is 422 g/mol. The summed E-state index contributed by atoms with van der Waals surface area (Å²) in [6.45, 7) is 6.14. The molecule has 0 spiro atoms. The van der Waals surface area contributed by atoms with E-state index >= 15 is 0 Å². The lowest BCUT2D eigenvalue weighted by atomic mass is 9.75. The van der Waals surface area contributed by atoms with E-state index in [1.165, 1.54) is 5.56 Å². The number of carboxylic acids is 1. The Morgan fingerprint density at radius 2 is 1.88 bits per heavy atom. The van der Waals surface area contributed by atoms with Crippen molar-refractivity contribution >= 4 is 12.1 Å². The minimum Gasteiger partial charge on any atom is -0.481 e. The van der Waals surface area contributed by atoms with Crippen LogP contribution in [0.1, 0.15) is 82.0 Å². The summed E-state index contributed by atoms with van der Waals surface area (Å²) in [4.78, 5) is 30.8. The highest BCUT2D eigenvalue weighted by Gasteiger charge is 2.55. The molecule has 8 heteroatoms. The molecule has 5 rings (SSSR count). The average molecular weight is 454 g/mol. The Morgan fingerprint density at radius 1 is 1.18 bits per heavy atom. The molecule has 1 N–H and O–H groups in total. The fourth-order valence-corrected chi connectivity index (χ4v) is 4.79. The van der Waals surface area contributed by atoms with Gasteiger partial charge in [0.05, 0.1) is 11.3 Å². The second kappa shape index (κ2) is 7.85. The van der Waals surface area contributed by atoms with Crippen molar-refractivity contribution in [3.63, 3.8) is 0 Å². The first-order valence-corrected chi connectivity index (χ1v) is 11.8. The van der Waals surface area contributed by atoms with Gasteiger partial charge in [-0.25, -0.2) is 4.79 Å². The van der Waals surface area contributed by atoms with Crippen LogP contribution in [-0.2, 0) is 14.9 Å². The number of hydrogen-bond acceptors (Lipinski definition) is 6. The SMILES string of the molecule is CC(C)(C)OC(=O)N(CC1(c2noc([C@H]3C[C@@H](C(=O)O)C3)n2)CC1)[C@@H]1C[C@H]1c1ccccc1. The van der Waals surface area contributed by atoms with E-state index in [1.54, 1.807) is 0 Å². The van der Waals surface area contributed by atoms with E-state index in [1.807, 2.05) is 43.9 Å². The lowest BCUT2D eigenvalue weighted by Gasteiger charge is -2.30. The van der Waals surface area contributed by atoms with Gasteiger partial charge in [-0.2, -0.15) is 4.98 Å². The fourth-order valence-electron chi connectivity index (χ4n) is 4.79. The summed E-state index contributed by atoms with van der Waals surface area (Å²) in [7, 11) is 0. The van der Waals surface area contributed by atoms with Gasteiger partial charge in [0.2, 0.25) is 5.89 Å². The van der Waals surface area contributed by atoms with E-state index in [0.717, 1.165) is 19.3 Å². The summed E-state index contributed by atoms with van der Waals surface area (Å²) in [6, 6.07) is 10.4. The largest absolute Gasteiger partial charge is 0.481 e. The maximum absolute atomic E-state index is 13.2. The maximum atomic E-state index is 13.2. The fraction of sp³-hybridized carbons (Fsp3) is 0.600. The number of carbonyl (C=O) groups is 2. The topological polar surface area (TPSA) is 106 Å². The Balaban J connectivity index is 1.32. The smallest absolute Gasteiger partial charge is 0.410 e. The molecule has 0 saturated heterocycles. The third-order valence-corrected chi connectivity index (χ3v) is 7.09. The zero-order valence-electron chi connectivity index (χ0n) is 19.4. The van der Waals surface area contributed by atoms with Crippen molar-refractivity contribution in [2.75, 3.05) is 6.54 Å². The molecule has 1 heterocycles. The van der Waals surface area contributed by atoms with Gasteiger partial charge >= 0.3 is 12.1 Å². The Kier molecular flexibility index (Phi) is 5.21. The number of ether oxygens (including phenoxy) is 1. The van der Waals surface area contributed by atoms with Crippen molar-refractivity contribution in [2.45, 2.75) is 81.8 Å². The number of amides is 1. The predicted molar refractivity (Wildman–Crippen MR) is 119 cm³/mol. The molecule has 0 aliphatic heterocycles. The van der Waals surface area contributed by atoms with E-state index < -0.39 is 11.6 Å². The van der Waals surface area contributed by atoms with Crippen LogP contribution in [0.3, 0.4) is 0 Å². The summed E-state index contributed by atoms with van der Waals surface area (Å²) in [5.74, 6) is 0.366. The molecule has 3 aliphatic rings. The highest BCUT2D eigenvalue weighted by atomic mass is 16.6. The molecule has 33 heavy (non-hydrogen) atoms. The molecule has 2 atom stereocenters. The molecule has 3 saturated carbocycles. The van der Waals surface area contributed by atoms with Crippen LogP contribution in [0.5, 0.6) is 0 Å². The molecule has 1 amide bonds. The van der Waals surface area contributed by atoms with Gasteiger partial charge in [-0.15, -0.1) is 0 Å². The lowest BCUT2D eigenvalue weighted by Crippen LogP contribution is -2.43. The van der Waals surface area contributed by atoms with Crippen LogP contribution in [0.25, 0.3) is 0 Å². The zero-order chi connectivity index (χ0) is 23.4. The van der Waals surface area contributed by atoms with Crippen molar-refractivity contribution in [1.29, 1.82) is 0 Å². The summed E-state index contributed by atoms with van der Waals surface area (Å²) >= 11 is 0. The predicted octanol–water partition coefficient (Wildman–Crippen LogP) is 4.47. The molecule has 3 fully saturated rings. The number of carboxylic acid groups (broad SMARTS) is 1. The zero-order valence-corrected chi connectivity index (χ0v) is 19.4. The number of benzene rings is 1. The summed E-state index contributed by atoms with van der Waals surface area (Å²) in [5.41, 5.74) is 0.340. The highest BCUT2D eigenvalue weighted by molar-refractivity contribution is 5.71. The summed E-state index contributed by atoms with van der Waals surface area (Å²) < 4.78 is 11.3. The summed E-state index contributed by atoms with van der Waals surface area (Å²) in [5, 5.41) is 13.4. The molecule has 8 nitrogen and oxygen atoms in total. The van der Waals surface area contributed by atoms with E-state index in [-0.39, 0.29) is 29.4 Å². The number of nitrogens with zero attached hydrogens (tertiary/aromatic N) is 3. The molecular formula is C25H31N3O5. The second-order valence-electron chi connectivity index (χ2n) is 10.9. The second-order valence-corrected chi connectivity index (χ2v) is 10.9. The lowest BCUT2D eigenvalue weighted by molar-refractivity contribution is -0.145. The van der Waals surface area contributed by atoms with Gasteiger partial charge in [-0.1, -0.05) is 35.5 Å². The van der Waals surface area contributed by atoms with Crippen molar-refractivity contribution in [1.82, 2.24) is 15.0 Å². The standard InChI is InChI=1S/C25H31N3O5/c1-24(2,3)32-23(31)28(19-13-18(19)15-7-5-4-6-8-15)14-25(9-10-25)22-26-20(33-27-22)16-11-17(12-16)21(29)30/h4-8,16-19H,9-14H2,1-3H3,(H,29,30)/t16-,17+,18-,19+/m0/s1. The van der Waals surface area contributed by atoms with E-state index in [0.29, 0.717) is 37.0 Å². The first-order chi connectivity index (χ1) is 15.7. The molecule has 0 radical (unpaired) electrons. The van der Waals surface area contributed by atoms with Crippen molar-refractivity contribution in [2.24, 2.45) is 5.92 Å². The van der Waals surface area contributed by atoms with Crippen LogP contribution in [-0.4, -0.2) is 50.4 Å². The Labute approximate surface area is 193 Å². The van der Waals surface area contributed by atoms with Crippen molar-refractivity contribution in [3.8, 4) is 0 Å². The maximum Gasteiger partial charge on any atom is 0.410 e. The van der Waals surface area contributed by atoms with Gasteiger partial charge in [-0.05, 0) is 58.4 Å². The monoisotopic (exact) mass is 453 g/mol. The normalized spacial score (nSPS) is 27.4. The van der Waals surface area contributed by atoms with Crippen LogP contribution >= 0.6 is 0 Å². The van der Waals surface area contributed by atoms with Gasteiger partial charge in [-0.3, -0.25) is 4.79 Å². The first-order valence-electron chi connectivity index (χ1n) is 11.8. The van der Waals surface area contributed by atoms with Gasteiger partial charge in [0.25, 0.3) is 0 Å². The average Bonchev–Trinajstić information content (AvgIpc) is 3.62. The van der Waals surface area contributed by atoms with Crippen LogP contribution in [0.4, 0.5) is 4.79 Å². The van der Waals surface area contributed by atoms with Crippen molar-refractivity contribution in [3.05, 3.63) is 47.6 Å². The van der Waals surface area contributed by atoms with Crippen LogP contribution in [0, 0.1) is 5.92 Å². The number of carbonyl (C=O) groups excluding carboxylic acids is 1. The Hall–Kier alpha value is -2.90. The molecule has 0 unspecified atom stereocenters. The highest BCUT2D eigenvalue weighted by Crippen LogP contribution is 2.52. The van der Waals surface area contributed by atoms with Crippen LogP contribution in [0.2, 0.25) is 0 Å². The number of rotatable bonds is 7. The van der Waals surface area contributed by atoms with Gasteiger partial charge in [0, 0.05) is 24.4 Å². The molecule has 176 valence electrons. The van der Waals surface area contributed by atoms with Gasteiger partial charge < -0.3 is 19.3 Å². The number of hydrogen-bond donors (Lipinski definition) is 1.